The molecule has 5 nitrogen and oxygen atoms in total. The predicted octanol–water partition coefficient (Wildman–Crippen LogP) is 2.26. The van der Waals surface area contributed by atoms with Gasteiger partial charge in [0.25, 0.3) is 0 Å². The van der Waals surface area contributed by atoms with Gasteiger partial charge < -0.3 is 14.8 Å². The molecule has 1 amide bonds. The molecule has 0 aliphatic carbocycles. The monoisotopic (exact) mass is 293 g/mol. The van der Waals surface area contributed by atoms with Crippen LogP contribution in [-0.2, 0) is 14.3 Å². The highest BCUT2D eigenvalue weighted by atomic mass is 16.5. The van der Waals surface area contributed by atoms with Crippen molar-refractivity contribution < 1.29 is 19.1 Å². The van der Waals surface area contributed by atoms with Gasteiger partial charge in [0, 0.05) is 6.92 Å². The third-order valence-corrected chi connectivity index (χ3v) is 3.34. The van der Waals surface area contributed by atoms with Gasteiger partial charge in [0.05, 0.1) is 7.11 Å². The van der Waals surface area contributed by atoms with E-state index >= 15 is 0 Å². The second-order valence-corrected chi connectivity index (χ2v) is 4.97. The maximum atomic E-state index is 11.5. The number of ether oxygens (including phenoxy) is 2. The van der Waals surface area contributed by atoms with E-state index in [2.05, 4.69) is 23.9 Å². The first-order valence-corrected chi connectivity index (χ1v) is 7.05. The van der Waals surface area contributed by atoms with Gasteiger partial charge in [-0.15, -0.1) is 0 Å². The highest BCUT2D eigenvalue weighted by Gasteiger charge is 2.20. The van der Waals surface area contributed by atoms with Crippen LogP contribution in [0.5, 0.6) is 5.75 Å². The molecule has 0 radical (unpaired) electrons. The first kappa shape index (κ1) is 17.0. The Morgan fingerprint density at radius 2 is 1.86 bits per heavy atom. The Labute approximate surface area is 125 Å². The van der Waals surface area contributed by atoms with Gasteiger partial charge in [0.1, 0.15) is 12.4 Å². The summed E-state index contributed by atoms with van der Waals surface area (Å²) in [6.45, 7) is 5.69. The molecular weight excluding hydrogens is 270 g/mol. The molecule has 1 aromatic carbocycles. The number of carbonyl (C=O) groups is 2. The molecule has 1 aromatic rings. The van der Waals surface area contributed by atoms with Crippen LogP contribution >= 0.6 is 0 Å². The van der Waals surface area contributed by atoms with Gasteiger partial charge in [-0.1, -0.05) is 26.0 Å². The second kappa shape index (κ2) is 8.29. The van der Waals surface area contributed by atoms with Crippen molar-refractivity contribution in [2.75, 3.05) is 13.7 Å². The van der Waals surface area contributed by atoms with Crippen LogP contribution in [0.1, 0.15) is 38.7 Å². The van der Waals surface area contributed by atoms with E-state index in [9.17, 15) is 9.59 Å². The summed E-state index contributed by atoms with van der Waals surface area (Å²) in [5.41, 5.74) is 1.25. The lowest BCUT2D eigenvalue weighted by atomic mass is 9.99. The molecule has 2 unspecified atom stereocenters. The molecule has 0 aliphatic heterocycles. The van der Waals surface area contributed by atoms with Gasteiger partial charge in [0.2, 0.25) is 5.91 Å². The maximum absolute atomic E-state index is 11.5. The zero-order chi connectivity index (χ0) is 15.8. The summed E-state index contributed by atoms with van der Waals surface area (Å²) in [5, 5.41) is 2.50. The van der Waals surface area contributed by atoms with Crippen LogP contribution in [0.2, 0.25) is 0 Å². The number of nitrogens with one attached hydrogen (secondary N) is 1. The van der Waals surface area contributed by atoms with Crippen LogP contribution < -0.4 is 10.1 Å². The summed E-state index contributed by atoms with van der Waals surface area (Å²) in [6, 6.07) is 6.94. The predicted molar refractivity (Wildman–Crippen MR) is 80.3 cm³/mol. The summed E-state index contributed by atoms with van der Waals surface area (Å²) in [5.74, 6) is 0.324. The van der Waals surface area contributed by atoms with E-state index in [0.29, 0.717) is 11.7 Å². The van der Waals surface area contributed by atoms with Gasteiger partial charge in [0.15, 0.2) is 6.04 Å². The van der Waals surface area contributed by atoms with Crippen LogP contribution in [0.3, 0.4) is 0 Å². The number of rotatable bonds is 7. The molecule has 5 heteroatoms. The fourth-order valence-corrected chi connectivity index (χ4v) is 1.86. The SMILES string of the molecule is CCC(C)c1ccc(OCC(NC(C)=O)C(=O)OC)cc1. The first-order chi connectivity index (χ1) is 9.97. The summed E-state index contributed by atoms with van der Waals surface area (Å²) < 4.78 is 10.2. The molecule has 21 heavy (non-hydrogen) atoms. The number of hydrogen-bond donors (Lipinski definition) is 1. The van der Waals surface area contributed by atoms with Crippen molar-refractivity contribution in [3.63, 3.8) is 0 Å². The van der Waals surface area contributed by atoms with Crippen LogP contribution in [0.25, 0.3) is 0 Å². The first-order valence-electron chi connectivity index (χ1n) is 7.05. The fraction of sp³-hybridized carbons (Fsp3) is 0.500. The van der Waals surface area contributed by atoms with E-state index in [1.807, 2.05) is 24.3 Å². The molecule has 1 rings (SSSR count). The molecule has 0 saturated carbocycles. The zero-order valence-corrected chi connectivity index (χ0v) is 13.0. The molecule has 1 N–H and O–H groups in total. The van der Waals surface area contributed by atoms with Crippen molar-refractivity contribution in [1.82, 2.24) is 5.32 Å². The van der Waals surface area contributed by atoms with Gasteiger partial charge in [-0.25, -0.2) is 4.79 Å². The minimum atomic E-state index is -0.804. The van der Waals surface area contributed by atoms with E-state index in [1.54, 1.807) is 0 Å². The summed E-state index contributed by atoms with van der Waals surface area (Å²) >= 11 is 0. The largest absolute Gasteiger partial charge is 0.491 e. The molecule has 0 bridgehead atoms. The third kappa shape index (κ3) is 5.45. The van der Waals surface area contributed by atoms with Crippen LogP contribution in [-0.4, -0.2) is 31.6 Å². The van der Waals surface area contributed by atoms with E-state index in [1.165, 1.54) is 19.6 Å². The lowest BCUT2D eigenvalue weighted by Gasteiger charge is -2.16. The topological polar surface area (TPSA) is 64.6 Å². The van der Waals surface area contributed by atoms with E-state index in [4.69, 9.17) is 4.74 Å². The minimum Gasteiger partial charge on any atom is -0.491 e. The van der Waals surface area contributed by atoms with Gasteiger partial charge in [-0.2, -0.15) is 0 Å². The van der Waals surface area contributed by atoms with Crippen molar-refractivity contribution in [2.45, 2.75) is 39.2 Å². The Bertz CT molecular complexity index is 470. The van der Waals surface area contributed by atoms with Crippen molar-refractivity contribution in [1.29, 1.82) is 0 Å². The van der Waals surface area contributed by atoms with E-state index in [0.717, 1.165) is 6.42 Å². The number of hydrogen-bond acceptors (Lipinski definition) is 4. The van der Waals surface area contributed by atoms with Crippen LogP contribution in [0.15, 0.2) is 24.3 Å². The Morgan fingerprint density at radius 1 is 1.24 bits per heavy atom. The highest BCUT2D eigenvalue weighted by molar-refractivity contribution is 5.83. The fourth-order valence-electron chi connectivity index (χ4n) is 1.86. The second-order valence-electron chi connectivity index (χ2n) is 4.97. The number of esters is 1. The number of methoxy groups -OCH3 is 1. The molecular formula is C16H23NO4. The average molecular weight is 293 g/mol. The quantitative estimate of drug-likeness (QED) is 0.783. The van der Waals surface area contributed by atoms with E-state index in [-0.39, 0.29) is 12.5 Å². The van der Waals surface area contributed by atoms with Crippen molar-refractivity contribution in [3.05, 3.63) is 29.8 Å². The number of carbonyl (C=O) groups excluding carboxylic acids is 2. The standard InChI is InChI=1S/C16H23NO4/c1-5-11(2)13-6-8-14(9-7-13)21-10-15(16(19)20-4)17-12(3)18/h6-9,11,15H,5,10H2,1-4H3,(H,17,18). The van der Waals surface area contributed by atoms with Crippen molar-refractivity contribution in [3.8, 4) is 5.75 Å². The van der Waals surface area contributed by atoms with Crippen LogP contribution in [0, 0.1) is 0 Å². The minimum absolute atomic E-state index is 0.0366. The molecule has 0 heterocycles. The summed E-state index contributed by atoms with van der Waals surface area (Å²) in [4.78, 5) is 22.6. The van der Waals surface area contributed by atoms with Crippen LogP contribution in [0.4, 0.5) is 0 Å². The van der Waals surface area contributed by atoms with Gasteiger partial charge in [-0.05, 0) is 30.0 Å². The Hall–Kier alpha value is -2.04. The lowest BCUT2D eigenvalue weighted by Crippen LogP contribution is -2.44. The molecule has 2 atom stereocenters. The molecule has 0 aromatic heterocycles. The Kier molecular flexibility index (Phi) is 6.72. The lowest BCUT2D eigenvalue weighted by molar-refractivity contribution is -0.145. The summed E-state index contributed by atoms with van der Waals surface area (Å²) in [7, 11) is 1.28. The van der Waals surface area contributed by atoms with Crippen molar-refractivity contribution in [2.24, 2.45) is 0 Å². The molecule has 0 saturated heterocycles. The zero-order valence-electron chi connectivity index (χ0n) is 13.0. The number of amides is 1. The van der Waals surface area contributed by atoms with Gasteiger partial charge >= 0.3 is 5.97 Å². The molecule has 116 valence electrons. The summed E-state index contributed by atoms with van der Waals surface area (Å²) in [6.07, 6.45) is 1.08. The highest BCUT2D eigenvalue weighted by Crippen LogP contribution is 2.21. The Morgan fingerprint density at radius 3 is 2.33 bits per heavy atom. The van der Waals surface area contributed by atoms with Gasteiger partial charge in [-0.3, -0.25) is 4.79 Å². The maximum Gasteiger partial charge on any atom is 0.331 e. The molecule has 0 spiro atoms. The normalized spacial score (nSPS) is 13.1. The average Bonchev–Trinajstić information content (AvgIpc) is 2.50. The van der Waals surface area contributed by atoms with Crippen molar-refractivity contribution >= 4 is 11.9 Å². The molecule has 0 fully saturated rings. The third-order valence-electron chi connectivity index (χ3n) is 3.34. The number of benzene rings is 1. The molecule has 0 aliphatic rings. The smallest absolute Gasteiger partial charge is 0.331 e. The van der Waals surface area contributed by atoms with E-state index < -0.39 is 12.0 Å². The Balaban J connectivity index is 2.63.